The van der Waals surface area contributed by atoms with Crippen LogP contribution in [0.3, 0.4) is 0 Å². The summed E-state index contributed by atoms with van der Waals surface area (Å²) in [5, 5.41) is 21.3. The minimum Gasteiger partial charge on any atom is -0.476 e. The summed E-state index contributed by atoms with van der Waals surface area (Å²) < 4.78 is 4.94. The van der Waals surface area contributed by atoms with Gasteiger partial charge < -0.3 is 14.7 Å². The minimum absolute atomic E-state index is 0.0454. The summed E-state index contributed by atoms with van der Waals surface area (Å²) >= 11 is 0. The van der Waals surface area contributed by atoms with Crippen molar-refractivity contribution in [2.75, 3.05) is 25.1 Å². The van der Waals surface area contributed by atoms with Crippen molar-refractivity contribution >= 4 is 11.5 Å². The molecule has 0 aliphatic carbocycles. The average Bonchev–Trinajstić information content (AvgIpc) is 2.58. The molecule has 1 atom stereocenters. The van der Waals surface area contributed by atoms with E-state index in [1.165, 1.54) is 13.4 Å². The summed E-state index contributed by atoms with van der Waals surface area (Å²) in [5.74, 6) is 0.204. The zero-order chi connectivity index (χ0) is 14.8. The van der Waals surface area contributed by atoms with Crippen LogP contribution in [0.25, 0.3) is 0 Å². The summed E-state index contributed by atoms with van der Waals surface area (Å²) in [7, 11) is 1.34. The molecule has 1 N–H and O–H groups in total. The van der Waals surface area contributed by atoms with Crippen LogP contribution in [0.2, 0.25) is 0 Å². The summed E-state index contributed by atoms with van der Waals surface area (Å²) in [6.07, 6.45) is 3.21. The molecule has 0 spiro atoms. The minimum atomic E-state index is -0.735. The Balaban J connectivity index is 2.35. The van der Waals surface area contributed by atoms with Gasteiger partial charge in [-0.1, -0.05) is 0 Å². The summed E-state index contributed by atoms with van der Waals surface area (Å²) in [5.41, 5.74) is -0.961. The first-order chi connectivity index (χ1) is 9.44. The van der Waals surface area contributed by atoms with Gasteiger partial charge in [0.1, 0.15) is 6.33 Å². The van der Waals surface area contributed by atoms with Gasteiger partial charge in [-0.25, -0.2) is 4.98 Å². The number of methoxy groups -OCH3 is 1. The maximum absolute atomic E-state index is 11.2. The lowest BCUT2D eigenvalue weighted by molar-refractivity contribution is -0.385. The molecule has 0 saturated carbocycles. The van der Waals surface area contributed by atoms with Crippen LogP contribution >= 0.6 is 0 Å². The van der Waals surface area contributed by atoms with E-state index in [4.69, 9.17) is 4.74 Å². The Morgan fingerprint density at radius 3 is 2.85 bits per heavy atom. The monoisotopic (exact) mass is 282 g/mol. The lowest BCUT2D eigenvalue weighted by Gasteiger charge is -2.23. The lowest BCUT2D eigenvalue weighted by atomic mass is 9.98. The highest BCUT2D eigenvalue weighted by atomic mass is 16.6. The largest absolute Gasteiger partial charge is 0.476 e. The molecule has 0 radical (unpaired) electrons. The zero-order valence-electron chi connectivity index (χ0n) is 11.6. The van der Waals surface area contributed by atoms with Crippen LogP contribution in [0.5, 0.6) is 5.88 Å². The maximum Gasteiger partial charge on any atom is 0.372 e. The Labute approximate surface area is 116 Å². The predicted molar refractivity (Wildman–Crippen MR) is 71.9 cm³/mol. The van der Waals surface area contributed by atoms with Crippen molar-refractivity contribution in [2.24, 2.45) is 0 Å². The Morgan fingerprint density at radius 2 is 2.20 bits per heavy atom. The first kappa shape index (κ1) is 14.4. The first-order valence-electron chi connectivity index (χ1n) is 6.45. The van der Waals surface area contributed by atoms with Crippen molar-refractivity contribution < 1.29 is 14.8 Å². The molecule has 1 saturated heterocycles. The van der Waals surface area contributed by atoms with Crippen LogP contribution in [-0.2, 0) is 0 Å². The second kappa shape index (κ2) is 5.58. The summed E-state index contributed by atoms with van der Waals surface area (Å²) in [6, 6.07) is 0. The summed E-state index contributed by atoms with van der Waals surface area (Å²) in [6.45, 7) is 2.90. The molecule has 110 valence electrons. The zero-order valence-corrected chi connectivity index (χ0v) is 11.6. The van der Waals surface area contributed by atoms with Crippen molar-refractivity contribution in [1.82, 2.24) is 9.97 Å². The number of nitro groups is 1. The highest BCUT2D eigenvalue weighted by Crippen LogP contribution is 2.35. The van der Waals surface area contributed by atoms with Gasteiger partial charge in [-0.15, -0.1) is 0 Å². The number of anilines is 1. The Hall–Kier alpha value is -1.96. The highest BCUT2D eigenvalue weighted by molar-refractivity contribution is 5.62. The van der Waals surface area contributed by atoms with Crippen LogP contribution in [0, 0.1) is 10.1 Å². The molecule has 1 fully saturated rings. The molecule has 0 amide bonds. The topological polar surface area (TPSA) is 102 Å². The van der Waals surface area contributed by atoms with Crippen LogP contribution in [-0.4, -0.2) is 45.8 Å². The normalized spacial score (nSPS) is 23.2. The van der Waals surface area contributed by atoms with Gasteiger partial charge in [0.25, 0.3) is 5.88 Å². The third-order valence-electron chi connectivity index (χ3n) is 3.51. The van der Waals surface area contributed by atoms with E-state index < -0.39 is 10.5 Å². The first-order valence-corrected chi connectivity index (χ1v) is 6.45. The SMILES string of the molecule is COc1ncnc(N2CCCC(C)(O)CC2)c1[N+](=O)[O-]. The third-order valence-corrected chi connectivity index (χ3v) is 3.51. The predicted octanol–water partition coefficient (Wildman–Crippen LogP) is 1.13. The standard InChI is InChI=1S/C12H18N4O4/c1-12(17)4-3-6-15(7-5-12)10-9(16(18)19)11(20-2)14-8-13-10/h8,17H,3-7H2,1-2H3. The molecular formula is C12H18N4O4. The molecule has 1 aromatic heterocycles. The number of hydrogen-bond donors (Lipinski definition) is 1. The molecule has 1 aromatic rings. The second-order valence-corrected chi connectivity index (χ2v) is 5.15. The van der Waals surface area contributed by atoms with Crippen LogP contribution in [0.15, 0.2) is 6.33 Å². The molecular weight excluding hydrogens is 264 g/mol. The van der Waals surface area contributed by atoms with Gasteiger partial charge in [0.2, 0.25) is 5.82 Å². The van der Waals surface area contributed by atoms with Gasteiger partial charge in [-0.2, -0.15) is 4.98 Å². The second-order valence-electron chi connectivity index (χ2n) is 5.15. The molecule has 0 aromatic carbocycles. The highest BCUT2D eigenvalue weighted by Gasteiger charge is 2.31. The van der Waals surface area contributed by atoms with Gasteiger partial charge in [-0.3, -0.25) is 10.1 Å². The van der Waals surface area contributed by atoms with Gasteiger partial charge in [0, 0.05) is 13.1 Å². The van der Waals surface area contributed by atoms with Crippen molar-refractivity contribution in [1.29, 1.82) is 0 Å². The molecule has 2 rings (SSSR count). The van der Waals surface area contributed by atoms with E-state index in [2.05, 4.69) is 9.97 Å². The molecule has 0 bridgehead atoms. The fourth-order valence-electron chi connectivity index (χ4n) is 2.37. The maximum atomic E-state index is 11.2. The molecule has 20 heavy (non-hydrogen) atoms. The molecule has 1 aliphatic heterocycles. The summed E-state index contributed by atoms with van der Waals surface area (Å²) in [4.78, 5) is 20.3. The van der Waals surface area contributed by atoms with Crippen LogP contribution < -0.4 is 9.64 Å². The number of aromatic nitrogens is 2. The van der Waals surface area contributed by atoms with E-state index in [-0.39, 0.29) is 17.4 Å². The molecule has 2 heterocycles. The van der Waals surface area contributed by atoms with E-state index in [0.717, 1.165) is 6.42 Å². The van der Waals surface area contributed by atoms with E-state index >= 15 is 0 Å². The van der Waals surface area contributed by atoms with E-state index in [0.29, 0.717) is 25.9 Å². The number of rotatable bonds is 3. The Bertz CT molecular complexity index is 506. The van der Waals surface area contributed by atoms with Crippen molar-refractivity contribution in [3.63, 3.8) is 0 Å². The van der Waals surface area contributed by atoms with Gasteiger partial charge >= 0.3 is 5.69 Å². The quantitative estimate of drug-likeness (QED) is 0.655. The molecule has 1 unspecified atom stereocenters. The number of ether oxygens (including phenoxy) is 1. The lowest BCUT2D eigenvalue weighted by Crippen LogP contribution is -2.29. The van der Waals surface area contributed by atoms with Gasteiger partial charge in [-0.05, 0) is 26.2 Å². The van der Waals surface area contributed by atoms with Crippen molar-refractivity contribution in [2.45, 2.75) is 31.8 Å². The van der Waals surface area contributed by atoms with Gasteiger partial charge in [0.15, 0.2) is 0 Å². The number of hydrogen-bond acceptors (Lipinski definition) is 7. The Morgan fingerprint density at radius 1 is 1.45 bits per heavy atom. The average molecular weight is 282 g/mol. The molecule has 1 aliphatic rings. The number of nitrogens with zero attached hydrogens (tertiary/aromatic N) is 4. The van der Waals surface area contributed by atoms with Crippen LogP contribution in [0.4, 0.5) is 11.5 Å². The molecule has 8 nitrogen and oxygen atoms in total. The fourth-order valence-corrected chi connectivity index (χ4v) is 2.37. The van der Waals surface area contributed by atoms with E-state index in [1.807, 2.05) is 4.90 Å². The van der Waals surface area contributed by atoms with E-state index in [1.54, 1.807) is 6.92 Å². The third kappa shape index (κ3) is 2.96. The van der Waals surface area contributed by atoms with Crippen molar-refractivity contribution in [3.05, 3.63) is 16.4 Å². The van der Waals surface area contributed by atoms with Crippen LogP contribution in [0.1, 0.15) is 26.2 Å². The fraction of sp³-hybridized carbons (Fsp3) is 0.667. The Kier molecular flexibility index (Phi) is 4.03. The number of aliphatic hydroxyl groups is 1. The smallest absolute Gasteiger partial charge is 0.372 e. The molecule has 8 heteroatoms. The van der Waals surface area contributed by atoms with E-state index in [9.17, 15) is 15.2 Å². The van der Waals surface area contributed by atoms with Crippen molar-refractivity contribution in [3.8, 4) is 5.88 Å². The van der Waals surface area contributed by atoms with Gasteiger partial charge in [0.05, 0.1) is 17.6 Å².